The van der Waals surface area contributed by atoms with Crippen molar-refractivity contribution in [3.63, 3.8) is 0 Å². The Kier molecular flexibility index (Phi) is 4.31. The average molecular weight is 397 g/mol. The fourth-order valence-corrected chi connectivity index (χ4v) is 3.69. The summed E-state index contributed by atoms with van der Waals surface area (Å²) in [4.78, 5) is 4.97. The third-order valence-electron chi connectivity index (χ3n) is 6.15. The third-order valence-corrected chi connectivity index (χ3v) is 6.15. The van der Waals surface area contributed by atoms with Gasteiger partial charge in [-0.25, -0.2) is 9.50 Å². The van der Waals surface area contributed by atoms with Crippen molar-refractivity contribution < 1.29 is 9.31 Å². The SMILES string of the molecule is CC1(C)OB(c2cnn3c(-c4ccccc4)cc(-c4ccccc4)nc23)OC1(C)C. The van der Waals surface area contributed by atoms with Gasteiger partial charge in [-0.3, -0.25) is 0 Å². The molecule has 2 aromatic heterocycles. The Morgan fingerprint density at radius 2 is 1.37 bits per heavy atom. The zero-order valence-corrected chi connectivity index (χ0v) is 17.7. The topological polar surface area (TPSA) is 48.7 Å². The molecule has 4 aromatic rings. The van der Waals surface area contributed by atoms with Crippen LogP contribution in [-0.2, 0) is 9.31 Å². The average Bonchev–Trinajstić information content (AvgIpc) is 3.26. The lowest BCUT2D eigenvalue weighted by Crippen LogP contribution is -2.41. The van der Waals surface area contributed by atoms with E-state index in [9.17, 15) is 0 Å². The highest BCUT2D eigenvalue weighted by Crippen LogP contribution is 2.37. The summed E-state index contributed by atoms with van der Waals surface area (Å²) in [7, 11) is -0.519. The summed E-state index contributed by atoms with van der Waals surface area (Å²) in [6.07, 6.45) is 1.81. The maximum atomic E-state index is 6.29. The number of hydrogen-bond donors (Lipinski definition) is 0. The number of hydrogen-bond acceptors (Lipinski definition) is 4. The van der Waals surface area contributed by atoms with Crippen molar-refractivity contribution in [2.75, 3.05) is 0 Å². The van der Waals surface area contributed by atoms with Crippen molar-refractivity contribution in [2.45, 2.75) is 38.9 Å². The summed E-state index contributed by atoms with van der Waals surface area (Å²) in [5.74, 6) is 0. The minimum atomic E-state index is -0.519. The molecular formula is C24H24BN3O2. The highest BCUT2D eigenvalue weighted by Gasteiger charge is 2.52. The molecule has 0 amide bonds. The molecule has 0 aliphatic carbocycles. The van der Waals surface area contributed by atoms with E-state index in [2.05, 4.69) is 63.1 Å². The Morgan fingerprint density at radius 3 is 1.97 bits per heavy atom. The largest absolute Gasteiger partial charge is 0.500 e. The van der Waals surface area contributed by atoms with Crippen molar-refractivity contribution in [1.29, 1.82) is 0 Å². The highest BCUT2D eigenvalue weighted by molar-refractivity contribution is 6.64. The predicted molar refractivity (Wildman–Crippen MR) is 120 cm³/mol. The fraction of sp³-hybridized carbons (Fsp3) is 0.250. The monoisotopic (exact) mass is 397 g/mol. The number of fused-ring (bicyclic) bond motifs is 1. The molecule has 0 N–H and O–H groups in total. The summed E-state index contributed by atoms with van der Waals surface area (Å²) < 4.78 is 14.5. The van der Waals surface area contributed by atoms with Gasteiger partial charge >= 0.3 is 7.12 Å². The van der Waals surface area contributed by atoms with Gasteiger partial charge in [-0.05, 0) is 33.8 Å². The molecule has 0 radical (unpaired) electrons. The Hall–Kier alpha value is -2.96. The first kappa shape index (κ1) is 19.0. The lowest BCUT2D eigenvalue weighted by molar-refractivity contribution is 0.00578. The van der Waals surface area contributed by atoms with Gasteiger partial charge in [-0.2, -0.15) is 5.10 Å². The van der Waals surface area contributed by atoms with Gasteiger partial charge in [-0.15, -0.1) is 0 Å². The first-order valence-corrected chi connectivity index (χ1v) is 10.2. The van der Waals surface area contributed by atoms with E-state index >= 15 is 0 Å². The minimum absolute atomic E-state index is 0.425. The third kappa shape index (κ3) is 3.04. The Labute approximate surface area is 176 Å². The molecular weight excluding hydrogens is 373 g/mol. The van der Waals surface area contributed by atoms with Crippen LogP contribution >= 0.6 is 0 Å². The van der Waals surface area contributed by atoms with Crippen LogP contribution in [0.5, 0.6) is 0 Å². The first-order valence-electron chi connectivity index (χ1n) is 10.2. The maximum Gasteiger partial charge on any atom is 0.500 e. The summed E-state index contributed by atoms with van der Waals surface area (Å²) in [5, 5.41) is 4.66. The van der Waals surface area contributed by atoms with Crippen LogP contribution in [0.25, 0.3) is 28.2 Å². The summed E-state index contributed by atoms with van der Waals surface area (Å²) >= 11 is 0. The zero-order valence-electron chi connectivity index (χ0n) is 17.7. The Bertz CT molecular complexity index is 1190. The van der Waals surface area contributed by atoms with Gasteiger partial charge in [0.25, 0.3) is 0 Å². The van der Waals surface area contributed by atoms with Crippen LogP contribution in [0.2, 0.25) is 0 Å². The van der Waals surface area contributed by atoms with Gasteiger partial charge in [0.2, 0.25) is 0 Å². The van der Waals surface area contributed by atoms with E-state index in [1.807, 2.05) is 47.1 Å². The molecule has 1 aliphatic rings. The van der Waals surface area contributed by atoms with Crippen LogP contribution in [-0.4, -0.2) is 32.9 Å². The second-order valence-electron chi connectivity index (χ2n) is 8.68. The summed E-state index contributed by atoms with van der Waals surface area (Å²) in [6.45, 7) is 8.21. The molecule has 1 fully saturated rings. The number of rotatable bonds is 3. The molecule has 0 spiro atoms. The summed E-state index contributed by atoms with van der Waals surface area (Å²) in [6, 6.07) is 22.5. The van der Waals surface area contributed by atoms with Gasteiger partial charge in [0.05, 0.1) is 28.8 Å². The first-order chi connectivity index (χ1) is 14.4. The quantitative estimate of drug-likeness (QED) is 0.482. The molecule has 0 atom stereocenters. The van der Waals surface area contributed by atoms with E-state index in [0.29, 0.717) is 0 Å². The number of nitrogens with zero attached hydrogens (tertiary/aromatic N) is 3. The number of aromatic nitrogens is 3. The van der Waals surface area contributed by atoms with Gasteiger partial charge < -0.3 is 9.31 Å². The highest BCUT2D eigenvalue weighted by atomic mass is 16.7. The van der Waals surface area contributed by atoms with Crippen LogP contribution in [0.1, 0.15) is 27.7 Å². The van der Waals surface area contributed by atoms with E-state index < -0.39 is 18.3 Å². The molecule has 0 saturated carbocycles. The van der Waals surface area contributed by atoms with Crippen molar-refractivity contribution in [3.8, 4) is 22.5 Å². The molecule has 30 heavy (non-hydrogen) atoms. The van der Waals surface area contributed by atoms with Crippen LogP contribution in [0.15, 0.2) is 72.9 Å². The van der Waals surface area contributed by atoms with Gasteiger partial charge in [-0.1, -0.05) is 60.7 Å². The van der Waals surface area contributed by atoms with Crippen molar-refractivity contribution in [2.24, 2.45) is 0 Å². The van der Waals surface area contributed by atoms with Crippen molar-refractivity contribution in [1.82, 2.24) is 14.6 Å². The lowest BCUT2D eigenvalue weighted by Gasteiger charge is -2.32. The maximum absolute atomic E-state index is 6.29. The molecule has 0 unspecified atom stereocenters. The van der Waals surface area contributed by atoms with Crippen molar-refractivity contribution in [3.05, 3.63) is 72.9 Å². The van der Waals surface area contributed by atoms with Crippen LogP contribution in [0.4, 0.5) is 0 Å². The predicted octanol–water partition coefficient (Wildman–Crippen LogP) is 4.36. The second kappa shape index (κ2) is 6.79. The van der Waals surface area contributed by atoms with E-state index in [0.717, 1.165) is 33.6 Å². The molecule has 150 valence electrons. The van der Waals surface area contributed by atoms with Crippen LogP contribution < -0.4 is 5.46 Å². The van der Waals surface area contributed by atoms with Crippen molar-refractivity contribution >= 4 is 18.2 Å². The van der Waals surface area contributed by atoms with E-state index in [1.165, 1.54) is 0 Å². The normalized spacial score (nSPS) is 17.5. The molecule has 0 bridgehead atoms. The molecule has 1 saturated heterocycles. The number of benzene rings is 2. The Balaban J connectivity index is 1.72. The van der Waals surface area contributed by atoms with E-state index in [-0.39, 0.29) is 0 Å². The molecule has 1 aliphatic heterocycles. The molecule has 5 rings (SSSR count). The van der Waals surface area contributed by atoms with E-state index in [4.69, 9.17) is 14.3 Å². The lowest BCUT2D eigenvalue weighted by atomic mass is 9.81. The molecule has 2 aromatic carbocycles. The molecule has 5 nitrogen and oxygen atoms in total. The van der Waals surface area contributed by atoms with Gasteiger partial charge in [0.15, 0.2) is 5.65 Å². The smallest absolute Gasteiger partial charge is 0.399 e. The van der Waals surface area contributed by atoms with Crippen LogP contribution in [0, 0.1) is 0 Å². The van der Waals surface area contributed by atoms with Gasteiger partial charge in [0, 0.05) is 16.6 Å². The van der Waals surface area contributed by atoms with Crippen LogP contribution in [0.3, 0.4) is 0 Å². The zero-order chi connectivity index (χ0) is 20.9. The fourth-order valence-electron chi connectivity index (χ4n) is 3.69. The molecule has 3 heterocycles. The van der Waals surface area contributed by atoms with Gasteiger partial charge in [0.1, 0.15) is 0 Å². The van der Waals surface area contributed by atoms with E-state index in [1.54, 1.807) is 0 Å². The summed E-state index contributed by atoms with van der Waals surface area (Å²) in [5.41, 5.74) is 4.72. The second-order valence-corrected chi connectivity index (χ2v) is 8.68. The standard InChI is InChI=1S/C24H24BN3O2/c1-23(2)24(3,4)30-25(29-23)19-16-26-28-21(18-13-9-6-10-14-18)15-20(27-22(19)28)17-11-7-5-8-12-17/h5-16H,1-4H3. The molecule has 6 heteroatoms. The minimum Gasteiger partial charge on any atom is -0.399 e. The Morgan fingerprint density at radius 1 is 0.800 bits per heavy atom.